The molecule has 0 aliphatic carbocycles. The Labute approximate surface area is 181 Å². The molecule has 4 heterocycles. The molecular weight excluding hydrogens is 388 g/mol. The fourth-order valence-electron chi connectivity index (χ4n) is 4.24. The van der Waals surface area contributed by atoms with E-state index in [2.05, 4.69) is 27.1 Å². The van der Waals surface area contributed by atoms with Gasteiger partial charge >= 0.3 is 0 Å². The van der Waals surface area contributed by atoms with Crippen LogP contribution in [0.1, 0.15) is 46.7 Å². The Bertz CT molecular complexity index is 1210. The maximum absolute atomic E-state index is 13.0. The highest BCUT2D eigenvalue weighted by atomic mass is 16.1. The normalized spacial score (nSPS) is 13.7. The lowest BCUT2D eigenvalue weighted by atomic mass is 10.1. The Morgan fingerprint density at radius 1 is 1.13 bits per heavy atom. The molecule has 0 fully saturated rings. The second-order valence-corrected chi connectivity index (χ2v) is 8.10. The molecule has 0 bridgehead atoms. The summed E-state index contributed by atoms with van der Waals surface area (Å²) in [5.41, 5.74) is 5.23. The number of rotatable bonds is 5. The van der Waals surface area contributed by atoms with E-state index < -0.39 is 0 Å². The van der Waals surface area contributed by atoms with Crippen molar-refractivity contribution >= 4 is 17.1 Å². The van der Waals surface area contributed by atoms with Gasteiger partial charge in [0.15, 0.2) is 5.65 Å². The summed E-state index contributed by atoms with van der Waals surface area (Å²) in [6, 6.07) is 12.0. The number of nitrogens with one attached hydrogen (secondary N) is 1. The maximum atomic E-state index is 13.0. The minimum Gasteiger partial charge on any atom is -0.352 e. The van der Waals surface area contributed by atoms with E-state index in [0.717, 1.165) is 60.6 Å². The van der Waals surface area contributed by atoms with Crippen molar-refractivity contribution in [1.82, 2.24) is 29.6 Å². The van der Waals surface area contributed by atoms with Crippen molar-refractivity contribution in [1.29, 1.82) is 0 Å². The van der Waals surface area contributed by atoms with Crippen molar-refractivity contribution in [3.8, 4) is 5.69 Å². The lowest BCUT2D eigenvalue weighted by molar-refractivity contribution is 0.0955. The van der Waals surface area contributed by atoms with Crippen LogP contribution in [0.15, 0.2) is 48.8 Å². The maximum Gasteiger partial charge on any atom is 0.253 e. The lowest BCUT2D eigenvalue weighted by Gasteiger charge is -2.09. The van der Waals surface area contributed by atoms with E-state index in [4.69, 9.17) is 9.97 Å². The number of imidazole rings is 1. The fraction of sp³-hybridized carbons (Fsp3) is 0.333. The third kappa shape index (κ3) is 3.95. The van der Waals surface area contributed by atoms with Crippen molar-refractivity contribution in [3.05, 3.63) is 71.4 Å². The van der Waals surface area contributed by atoms with Gasteiger partial charge in [0.2, 0.25) is 0 Å². The molecule has 1 aliphatic heterocycles. The summed E-state index contributed by atoms with van der Waals surface area (Å²) in [6.07, 6.45) is 8.88. The number of aromatic nitrogens is 5. The van der Waals surface area contributed by atoms with E-state index in [9.17, 15) is 4.79 Å². The molecule has 0 saturated heterocycles. The van der Waals surface area contributed by atoms with Crippen LogP contribution in [0.25, 0.3) is 16.9 Å². The van der Waals surface area contributed by atoms with Gasteiger partial charge in [0.05, 0.1) is 11.3 Å². The average molecular weight is 415 g/mol. The van der Waals surface area contributed by atoms with E-state index in [0.29, 0.717) is 12.1 Å². The van der Waals surface area contributed by atoms with Gasteiger partial charge in [-0.2, -0.15) is 5.10 Å². The van der Waals surface area contributed by atoms with Crippen LogP contribution in [0.3, 0.4) is 0 Å². The van der Waals surface area contributed by atoms with Crippen molar-refractivity contribution < 1.29 is 4.79 Å². The van der Waals surface area contributed by atoms with Crippen LogP contribution < -0.4 is 5.32 Å². The number of pyridine rings is 1. The van der Waals surface area contributed by atoms with Gasteiger partial charge in [-0.15, -0.1) is 0 Å². The highest BCUT2D eigenvalue weighted by Gasteiger charge is 2.20. The number of aryl methyl sites for hydroxylation is 3. The lowest BCUT2D eigenvalue weighted by Crippen LogP contribution is -2.26. The van der Waals surface area contributed by atoms with Gasteiger partial charge in [0, 0.05) is 37.6 Å². The number of fused-ring (bicyclic) bond motifs is 3. The first-order valence-electron chi connectivity index (χ1n) is 10.9. The number of carbonyl (C=O) groups is 1. The largest absolute Gasteiger partial charge is 0.352 e. The molecule has 31 heavy (non-hydrogen) atoms. The predicted molar refractivity (Wildman–Crippen MR) is 119 cm³/mol. The zero-order chi connectivity index (χ0) is 21.2. The van der Waals surface area contributed by atoms with E-state index in [1.807, 2.05) is 42.1 Å². The van der Waals surface area contributed by atoms with Crippen LogP contribution in [-0.4, -0.2) is 36.8 Å². The van der Waals surface area contributed by atoms with Gasteiger partial charge in [-0.1, -0.05) is 18.6 Å². The molecule has 0 spiro atoms. The van der Waals surface area contributed by atoms with Crippen molar-refractivity contribution in [2.45, 2.75) is 45.6 Å². The molecule has 7 nitrogen and oxygen atoms in total. The Balaban J connectivity index is 1.29. The first-order chi connectivity index (χ1) is 15.2. The molecule has 0 atom stereocenters. The standard InChI is InChI=1S/C24H26N6O/c1-17-16-20(22-23(27-17)29-14-4-2-3-6-21(29)28-22)24(31)25-13-11-18-7-9-19(10-8-18)30-15-5-12-26-30/h5,7-10,12,15-16H,2-4,6,11,13-14H2,1H3,(H,25,31). The minimum absolute atomic E-state index is 0.0862. The third-order valence-electron chi connectivity index (χ3n) is 5.84. The molecule has 0 saturated carbocycles. The highest BCUT2D eigenvalue weighted by Crippen LogP contribution is 2.24. The van der Waals surface area contributed by atoms with Crippen molar-refractivity contribution in [2.75, 3.05) is 6.54 Å². The summed E-state index contributed by atoms with van der Waals surface area (Å²) < 4.78 is 4.03. The molecule has 7 heteroatoms. The van der Waals surface area contributed by atoms with Gasteiger partial charge in [-0.3, -0.25) is 4.79 Å². The molecule has 1 N–H and O–H groups in total. The minimum atomic E-state index is -0.0862. The molecule has 3 aromatic heterocycles. The topological polar surface area (TPSA) is 77.6 Å². The van der Waals surface area contributed by atoms with Crippen LogP contribution in [0.5, 0.6) is 0 Å². The van der Waals surface area contributed by atoms with Gasteiger partial charge in [0.1, 0.15) is 11.3 Å². The molecule has 158 valence electrons. The Morgan fingerprint density at radius 2 is 2.00 bits per heavy atom. The van der Waals surface area contributed by atoms with Crippen LogP contribution in [0.4, 0.5) is 0 Å². The van der Waals surface area contributed by atoms with Gasteiger partial charge in [-0.25, -0.2) is 14.6 Å². The highest BCUT2D eigenvalue weighted by molar-refractivity contribution is 6.04. The zero-order valence-electron chi connectivity index (χ0n) is 17.7. The Morgan fingerprint density at radius 3 is 2.81 bits per heavy atom. The number of hydrogen-bond donors (Lipinski definition) is 1. The van der Waals surface area contributed by atoms with Crippen LogP contribution in [0.2, 0.25) is 0 Å². The quantitative estimate of drug-likeness (QED) is 0.541. The van der Waals surface area contributed by atoms with Crippen LogP contribution >= 0.6 is 0 Å². The SMILES string of the molecule is Cc1cc(C(=O)NCCc2ccc(-n3cccn3)cc2)c2nc3n(c2n1)CCCCC3. The third-order valence-corrected chi connectivity index (χ3v) is 5.84. The monoisotopic (exact) mass is 414 g/mol. The van der Waals surface area contributed by atoms with Gasteiger partial charge < -0.3 is 9.88 Å². The molecule has 1 amide bonds. The van der Waals surface area contributed by atoms with Crippen molar-refractivity contribution in [2.24, 2.45) is 0 Å². The van der Waals surface area contributed by atoms with Gasteiger partial charge in [0.25, 0.3) is 5.91 Å². The number of amides is 1. The smallest absolute Gasteiger partial charge is 0.253 e. The van der Waals surface area contributed by atoms with Crippen LogP contribution in [-0.2, 0) is 19.4 Å². The fourth-order valence-corrected chi connectivity index (χ4v) is 4.24. The molecule has 5 rings (SSSR count). The van der Waals surface area contributed by atoms with E-state index in [1.54, 1.807) is 6.20 Å². The molecule has 1 aromatic carbocycles. The zero-order valence-corrected chi connectivity index (χ0v) is 17.7. The summed E-state index contributed by atoms with van der Waals surface area (Å²) in [5.74, 6) is 0.967. The van der Waals surface area contributed by atoms with Gasteiger partial charge in [-0.05, 0) is 56.0 Å². The Hall–Kier alpha value is -3.48. The number of carbonyl (C=O) groups excluding carboxylic acids is 1. The van der Waals surface area contributed by atoms with E-state index >= 15 is 0 Å². The summed E-state index contributed by atoms with van der Waals surface area (Å²) in [6.45, 7) is 3.43. The molecule has 1 aliphatic rings. The summed E-state index contributed by atoms with van der Waals surface area (Å²) in [5, 5.41) is 7.31. The predicted octanol–water partition coefficient (Wildman–Crippen LogP) is 3.62. The molecule has 0 radical (unpaired) electrons. The van der Waals surface area contributed by atoms with Crippen LogP contribution in [0, 0.1) is 6.92 Å². The summed E-state index contributed by atoms with van der Waals surface area (Å²) in [4.78, 5) is 22.5. The number of benzene rings is 1. The summed E-state index contributed by atoms with van der Waals surface area (Å²) in [7, 11) is 0. The number of hydrogen-bond acceptors (Lipinski definition) is 4. The molecule has 0 unspecified atom stereocenters. The second kappa shape index (κ2) is 8.34. The first kappa shape index (κ1) is 19.5. The average Bonchev–Trinajstić information content (AvgIpc) is 3.36. The van der Waals surface area contributed by atoms with E-state index in [-0.39, 0.29) is 5.91 Å². The molecule has 4 aromatic rings. The molecular formula is C24H26N6O. The second-order valence-electron chi connectivity index (χ2n) is 8.10. The summed E-state index contributed by atoms with van der Waals surface area (Å²) >= 11 is 0. The van der Waals surface area contributed by atoms with E-state index in [1.165, 1.54) is 12.0 Å². The number of nitrogens with zero attached hydrogens (tertiary/aromatic N) is 5. The van der Waals surface area contributed by atoms with Crippen molar-refractivity contribution in [3.63, 3.8) is 0 Å². The first-order valence-corrected chi connectivity index (χ1v) is 10.9. The Kier molecular flexibility index (Phi) is 5.24.